The van der Waals surface area contributed by atoms with Crippen molar-refractivity contribution in [3.63, 3.8) is 0 Å². The third-order valence-corrected chi connectivity index (χ3v) is 11.3. The van der Waals surface area contributed by atoms with Crippen molar-refractivity contribution in [2.75, 3.05) is 0 Å². The van der Waals surface area contributed by atoms with Gasteiger partial charge in [0.1, 0.15) is 0 Å². The molecule has 4 nitrogen and oxygen atoms in total. The van der Waals surface area contributed by atoms with Crippen LogP contribution in [0.4, 0.5) is 0 Å². The van der Waals surface area contributed by atoms with Gasteiger partial charge in [-0.2, -0.15) is 0 Å². The molecule has 3 aliphatic heterocycles. The molecule has 0 amide bonds. The van der Waals surface area contributed by atoms with E-state index in [1.165, 1.54) is 80.2 Å². The van der Waals surface area contributed by atoms with Crippen LogP contribution in [0.15, 0.2) is 43.7 Å². The maximum atomic E-state index is 5.62. The Labute approximate surface area is 308 Å². The van der Waals surface area contributed by atoms with Crippen LogP contribution in [0.25, 0.3) is 12.2 Å². The zero-order valence-electron chi connectivity index (χ0n) is 32.3. The zero-order chi connectivity index (χ0) is 34.5. The maximum absolute atomic E-state index is 5.62. The summed E-state index contributed by atoms with van der Waals surface area (Å²) in [4.78, 5) is 22.5. The number of allylic oxidation sites excluding steroid dienone is 4. The molecule has 0 N–H and O–H groups in total. The van der Waals surface area contributed by atoms with Crippen LogP contribution in [-0.2, 0) is 42.2 Å². The Morgan fingerprint density at radius 1 is 0.469 bits per heavy atom. The average Bonchev–Trinajstić information content (AvgIpc) is 3.84. The summed E-state index contributed by atoms with van der Waals surface area (Å²) < 4.78 is 0. The molecule has 2 aromatic heterocycles. The van der Waals surface area contributed by atoms with Gasteiger partial charge in [0.05, 0.1) is 22.8 Å². The molecule has 2 unspecified atom stereocenters. The molecule has 3 aliphatic rings. The van der Waals surface area contributed by atoms with E-state index in [9.17, 15) is 0 Å². The second kappa shape index (κ2) is 17.5. The minimum atomic E-state index is 0. The predicted octanol–water partition coefficient (Wildman–Crippen LogP) is 11.9. The molecule has 268 valence electrons. The Balaban J connectivity index is 0.00000541. The van der Waals surface area contributed by atoms with E-state index in [0.29, 0.717) is 0 Å². The molecule has 0 radical (unpaired) electrons. The molecule has 2 aromatic rings. The molecule has 0 saturated heterocycles. The van der Waals surface area contributed by atoms with E-state index in [2.05, 4.69) is 81.4 Å². The SMILES string of the molecule is CCCCC1C2=NC(=Cc3[n-]c(c(CC)c3CC)C(CCCC)C3=NC(=Cc4[n-]c1c(CC)c4CC)C(CC)=C3CC)C(CC)=C2CC.[Ni+2]. The number of unbranched alkanes of at least 4 members (excludes halogenated alkanes) is 2. The quantitative estimate of drug-likeness (QED) is 0.184. The van der Waals surface area contributed by atoms with Crippen LogP contribution in [0.1, 0.15) is 190 Å². The van der Waals surface area contributed by atoms with E-state index < -0.39 is 0 Å². The normalized spacial score (nSPS) is 18.9. The van der Waals surface area contributed by atoms with Crippen LogP contribution in [-0.4, -0.2) is 11.4 Å². The fraction of sp³-hybridized carbons (Fsp3) is 0.591. The number of aliphatic imine (C=N–C) groups is 2. The Bertz CT molecular complexity index is 1560. The van der Waals surface area contributed by atoms with Crippen LogP contribution >= 0.6 is 0 Å². The molecule has 8 bridgehead atoms. The van der Waals surface area contributed by atoms with Crippen molar-refractivity contribution in [2.45, 2.75) is 171 Å². The summed E-state index contributed by atoms with van der Waals surface area (Å²) in [5.41, 5.74) is 20.9. The standard InChI is InChI=1S/C44H62N4.Ni/c1-11-21-23-35-41-31(17-7)27(13-3)37(45-41)25-39-29(15-5)33(19-9)43(47-39)36(24-22-12-2)44-34(20-10)30(16-6)40(48-44)26-38-28(14-4)32(18-8)42(35)46-38;/h25-26,35-36H,11-24H2,1-10H3;/q-2;+2. The second-order valence-corrected chi connectivity index (χ2v) is 13.9. The molecule has 0 aliphatic carbocycles. The molecule has 0 aromatic carbocycles. The summed E-state index contributed by atoms with van der Waals surface area (Å²) in [6.45, 7) is 23.1. The van der Waals surface area contributed by atoms with Gasteiger partial charge < -0.3 is 9.97 Å². The number of nitrogens with zero attached hydrogens (tertiary/aromatic N) is 4. The Kier molecular flexibility index (Phi) is 14.0. The molecule has 0 fully saturated rings. The summed E-state index contributed by atoms with van der Waals surface area (Å²) in [7, 11) is 0. The average molecular weight is 706 g/mol. The molecular formula is C44H62N4Ni. The van der Waals surface area contributed by atoms with Gasteiger partial charge in [0, 0.05) is 11.8 Å². The topological polar surface area (TPSA) is 52.9 Å². The van der Waals surface area contributed by atoms with Crippen molar-refractivity contribution in [1.29, 1.82) is 0 Å². The number of hydrogen-bond donors (Lipinski definition) is 0. The van der Waals surface area contributed by atoms with Crippen molar-refractivity contribution in [3.8, 4) is 0 Å². The van der Waals surface area contributed by atoms with Crippen molar-refractivity contribution >= 4 is 23.6 Å². The van der Waals surface area contributed by atoms with Gasteiger partial charge in [0.2, 0.25) is 0 Å². The molecule has 0 spiro atoms. The molecule has 5 rings (SSSR count). The van der Waals surface area contributed by atoms with Gasteiger partial charge in [-0.1, -0.05) is 129 Å². The molecule has 2 atom stereocenters. The summed E-state index contributed by atoms with van der Waals surface area (Å²) in [6, 6.07) is 0. The van der Waals surface area contributed by atoms with Gasteiger partial charge in [0.25, 0.3) is 0 Å². The molecule has 5 heterocycles. The van der Waals surface area contributed by atoms with E-state index in [0.717, 1.165) is 99.8 Å². The number of fused-ring (bicyclic) bond motifs is 6. The smallest absolute Gasteiger partial charge is 0.660 e. The maximum Gasteiger partial charge on any atom is 2.00 e. The number of aromatic nitrogens is 2. The molecular weight excluding hydrogens is 643 g/mol. The van der Waals surface area contributed by atoms with Crippen LogP contribution in [0.5, 0.6) is 0 Å². The number of rotatable bonds is 14. The Hall–Kier alpha value is -2.65. The number of hydrogen-bond acceptors (Lipinski definition) is 2. The largest absolute Gasteiger partial charge is 2.00 e. The van der Waals surface area contributed by atoms with Crippen molar-refractivity contribution in [2.24, 2.45) is 9.98 Å². The van der Waals surface area contributed by atoms with Crippen LogP contribution in [0.3, 0.4) is 0 Å². The first-order valence-corrected chi connectivity index (χ1v) is 19.8. The summed E-state index contributed by atoms with van der Waals surface area (Å²) in [6.07, 6.45) is 19.4. The van der Waals surface area contributed by atoms with E-state index in [1.54, 1.807) is 0 Å². The van der Waals surface area contributed by atoms with Crippen molar-refractivity contribution < 1.29 is 16.5 Å². The summed E-state index contributed by atoms with van der Waals surface area (Å²) in [5, 5.41) is 0. The van der Waals surface area contributed by atoms with E-state index in [4.69, 9.17) is 20.0 Å². The summed E-state index contributed by atoms with van der Waals surface area (Å²) >= 11 is 0. The van der Waals surface area contributed by atoms with Gasteiger partial charge in [-0.25, -0.2) is 0 Å². The van der Waals surface area contributed by atoms with Gasteiger partial charge in [-0.3, -0.25) is 9.98 Å². The van der Waals surface area contributed by atoms with Gasteiger partial charge in [0.15, 0.2) is 0 Å². The van der Waals surface area contributed by atoms with Crippen molar-refractivity contribution in [3.05, 3.63) is 78.7 Å². The first kappa shape index (κ1) is 39.1. The summed E-state index contributed by atoms with van der Waals surface area (Å²) in [5.74, 6) is 0.391. The van der Waals surface area contributed by atoms with Crippen molar-refractivity contribution in [1.82, 2.24) is 9.97 Å². The minimum absolute atomic E-state index is 0. The van der Waals surface area contributed by atoms with E-state index in [-0.39, 0.29) is 28.3 Å². The Morgan fingerprint density at radius 2 is 0.816 bits per heavy atom. The first-order chi connectivity index (χ1) is 23.4. The van der Waals surface area contributed by atoms with Gasteiger partial charge >= 0.3 is 16.5 Å². The Morgan fingerprint density at radius 3 is 1.10 bits per heavy atom. The second-order valence-electron chi connectivity index (χ2n) is 13.9. The van der Waals surface area contributed by atoms with Gasteiger partial charge in [-0.05, 0) is 86.5 Å². The molecule has 5 heteroatoms. The first-order valence-electron chi connectivity index (χ1n) is 19.8. The monoisotopic (exact) mass is 704 g/mol. The fourth-order valence-electron chi connectivity index (χ4n) is 8.96. The third kappa shape index (κ3) is 7.13. The predicted molar refractivity (Wildman–Crippen MR) is 208 cm³/mol. The van der Waals surface area contributed by atoms with Crippen LogP contribution in [0, 0.1) is 0 Å². The fourth-order valence-corrected chi connectivity index (χ4v) is 8.96. The van der Waals surface area contributed by atoms with Crippen LogP contribution < -0.4 is 9.97 Å². The third-order valence-electron chi connectivity index (χ3n) is 11.3. The molecule has 0 saturated carbocycles. The van der Waals surface area contributed by atoms with E-state index in [1.807, 2.05) is 0 Å². The molecule has 49 heavy (non-hydrogen) atoms. The zero-order valence-corrected chi connectivity index (χ0v) is 33.3. The van der Waals surface area contributed by atoms with Crippen LogP contribution in [0.2, 0.25) is 0 Å². The van der Waals surface area contributed by atoms with Gasteiger partial charge in [-0.15, -0.1) is 22.8 Å². The van der Waals surface area contributed by atoms with E-state index >= 15 is 0 Å². The minimum Gasteiger partial charge on any atom is -0.660 e.